The van der Waals surface area contributed by atoms with Gasteiger partial charge in [-0.3, -0.25) is 9.69 Å². The number of hydrogen-bond donors (Lipinski definition) is 0. The maximum atomic E-state index is 12.5. The Hall–Kier alpha value is -2.80. The minimum atomic E-state index is 0.0416. The third kappa shape index (κ3) is 4.92. The highest BCUT2D eigenvalue weighted by atomic mass is 16.5. The highest BCUT2D eigenvalue weighted by Crippen LogP contribution is 2.28. The topological polar surface area (TPSA) is 59.8 Å². The van der Waals surface area contributed by atoms with Crippen molar-refractivity contribution in [2.75, 3.05) is 46.9 Å². The molecule has 0 saturated carbocycles. The standard InChI is InChI=1S/C21H28N4O3/c1-17-22-8-9-24(17)13-10-23-11-14-25(15-12-23)21(26)7-5-18-4-6-19(27-2)20(16-18)28-3/h4-9,16H,10-15H2,1-3H3/b7-5+. The Morgan fingerprint density at radius 2 is 1.86 bits per heavy atom. The highest BCUT2D eigenvalue weighted by Gasteiger charge is 2.19. The SMILES string of the molecule is COc1ccc(/C=C/C(=O)N2CCN(CCn3ccnc3C)CC2)cc1OC. The van der Waals surface area contributed by atoms with Crippen molar-refractivity contribution in [3.8, 4) is 11.5 Å². The quantitative estimate of drug-likeness (QED) is 0.684. The van der Waals surface area contributed by atoms with Crippen molar-refractivity contribution in [3.63, 3.8) is 0 Å². The number of methoxy groups -OCH3 is 2. The number of carbonyl (C=O) groups is 1. The third-order valence-electron chi connectivity index (χ3n) is 5.09. The van der Waals surface area contributed by atoms with E-state index in [1.54, 1.807) is 20.3 Å². The Labute approximate surface area is 166 Å². The van der Waals surface area contributed by atoms with Gasteiger partial charge in [0, 0.05) is 57.7 Å². The first-order chi connectivity index (χ1) is 13.6. The number of carbonyl (C=O) groups excluding carboxylic acids is 1. The van der Waals surface area contributed by atoms with Crippen LogP contribution in [-0.2, 0) is 11.3 Å². The number of piperazine rings is 1. The molecule has 0 spiro atoms. The fourth-order valence-corrected chi connectivity index (χ4v) is 3.31. The molecule has 2 heterocycles. The Bertz CT molecular complexity index is 823. The molecule has 1 fully saturated rings. The summed E-state index contributed by atoms with van der Waals surface area (Å²) in [5.41, 5.74) is 0.903. The summed E-state index contributed by atoms with van der Waals surface area (Å²) in [6.07, 6.45) is 7.29. The van der Waals surface area contributed by atoms with E-state index in [1.165, 1.54) is 0 Å². The van der Waals surface area contributed by atoms with Crippen LogP contribution in [0.5, 0.6) is 11.5 Å². The number of benzene rings is 1. The van der Waals surface area contributed by atoms with Crippen molar-refractivity contribution in [1.29, 1.82) is 0 Å². The van der Waals surface area contributed by atoms with Gasteiger partial charge in [-0.1, -0.05) is 6.07 Å². The van der Waals surface area contributed by atoms with Crippen molar-refractivity contribution in [3.05, 3.63) is 48.1 Å². The smallest absolute Gasteiger partial charge is 0.246 e. The van der Waals surface area contributed by atoms with Crippen LogP contribution >= 0.6 is 0 Å². The molecule has 1 aromatic carbocycles. The zero-order chi connectivity index (χ0) is 19.9. The second-order valence-corrected chi connectivity index (χ2v) is 6.78. The average molecular weight is 384 g/mol. The lowest BCUT2D eigenvalue weighted by Gasteiger charge is -2.34. The van der Waals surface area contributed by atoms with Crippen LogP contribution in [0.2, 0.25) is 0 Å². The van der Waals surface area contributed by atoms with Crippen molar-refractivity contribution in [1.82, 2.24) is 19.4 Å². The van der Waals surface area contributed by atoms with Crippen LogP contribution in [0.1, 0.15) is 11.4 Å². The summed E-state index contributed by atoms with van der Waals surface area (Å²) >= 11 is 0. The number of ether oxygens (including phenoxy) is 2. The highest BCUT2D eigenvalue weighted by molar-refractivity contribution is 5.92. The summed E-state index contributed by atoms with van der Waals surface area (Å²) < 4.78 is 12.7. The van der Waals surface area contributed by atoms with Crippen LogP contribution in [0, 0.1) is 6.92 Å². The van der Waals surface area contributed by atoms with Gasteiger partial charge in [-0.2, -0.15) is 0 Å². The van der Waals surface area contributed by atoms with E-state index in [0.29, 0.717) is 11.5 Å². The maximum absolute atomic E-state index is 12.5. The van der Waals surface area contributed by atoms with Gasteiger partial charge >= 0.3 is 0 Å². The molecule has 0 atom stereocenters. The van der Waals surface area contributed by atoms with E-state index in [0.717, 1.165) is 50.7 Å². The second kappa shape index (κ2) is 9.41. The minimum Gasteiger partial charge on any atom is -0.493 e. The summed E-state index contributed by atoms with van der Waals surface area (Å²) in [5.74, 6) is 2.40. The molecule has 1 saturated heterocycles. The van der Waals surface area contributed by atoms with Crippen LogP contribution in [0.4, 0.5) is 0 Å². The minimum absolute atomic E-state index is 0.0416. The number of nitrogens with zero attached hydrogens (tertiary/aromatic N) is 4. The molecule has 0 N–H and O–H groups in total. The number of hydrogen-bond acceptors (Lipinski definition) is 5. The summed E-state index contributed by atoms with van der Waals surface area (Å²) in [6, 6.07) is 5.60. The summed E-state index contributed by atoms with van der Waals surface area (Å²) in [4.78, 5) is 21.0. The van der Waals surface area contributed by atoms with Gasteiger partial charge in [0.1, 0.15) is 5.82 Å². The molecule has 1 aromatic heterocycles. The number of aromatic nitrogens is 2. The molecule has 28 heavy (non-hydrogen) atoms. The van der Waals surface area contributed by atoms with Crippen LogP contribution in [0.25, 0.3) is 6.08 Å². The molecule has 7 heteroatoms. The molecule has 1 amide bonds. The van der Waals surface area contributed by atoms with Gasteiger partial charge < -0.3 is 18.9 Å². The first kappa shape index (κ1) is 19.9. The fraction of sp³-hybridized carbons (Fsp3) is 0.429. The number of imidazole rings is 1. The van der Waals surface area contributed by atoms with Gasteiger partial charge in [0.15, 0.2) is 11.5 Å². The number of amides is 1. The molecule has 0 unspecified atom stereocenters. The summed E-state index contributed by atoms with van der Waals surface area (Å²) in [5, 5.41) is 0. The average Bonchev–Trinajstić information content (AvgIpc) is 3.15. The lowest BCUT2D eigenvalue weighted by molar-refractivity contribution is -0.127. The van der Waals surface area contributed by atoms with E-state index >= 15 is 0 Å². The van der Waals surface area contributed by atoms with Crippen molar-refractivity contribution in [2.45, 2.75) is 13.5 Å². The summed E-state index contributed by atoms with van der Waals surface area (Å²) in [7, 11) is 3.21. The van der Waals surface area contributed by atoms with E-state index in [2.05, 4.69) is 14.5 Å². The Morgan fingerprint density at radius 1 is 1.11 bits per heavy atom. The Kier molecular flexibility index (Phi) is 6.71. The lowest BCUT2D eigenvalue weighted by atomic mass is 10.2. The predicted octanol–water partition coefficient (Wildman–Crippen LogP) is 2.07. The van der Waals surface area contributed by atoms with Crippen LogP contribution < -0.4 is 9.47 Å². The second-order valence-electron chi connectivity index (χ2n) is 6.78. The van der Waals surface area contributed by atoms with E-state index < -0.39 is 0 Å². The van der Waals surface area contributed by atoms with Crippen molar-refractivity contribution < 1.29 is 14.3 Å². The van der Waals surface area contributed by atoms with Gasteiger partial charge in [0.05, 0.1) is 14.2 Å². The number of aryl methyl sites for hydroxylation is 1. The molecular weight excluding hydrogens is 356 g/mol. The van der Waals surface area contributed by atoms with Gasteiger partial charge in [-0.15, -0.1) is 0 Å². The summed E-state index contributed by atoms with van der Waals surface area (Å²) in [6.45, 7) is 7.20. The van der Waals surface area contributed by atoms with Gasteiger partial charge in [-0.25, -0.2) is 4.98 Å². The molecule has 7 nitrogen and oxygen atoms in total. The predicted molar refractivity (Wildman–Crippen MR) is 109 cm³/mol. The largest absolute Gasteiger partial charge is 0.493 e. The van der Waals surface area contributed by atoms with Gasteiger partial charge in [0.2, 0.25) is 5.91 Å². The van der Waals surface area contributed by atoms with Crippen LogP contribution in [0.15, 0.2) is 36.7 Å². The molecule has 1 aliphatic rings. The fourth-order valence-electron chi connectivity index (χ4n) is 3.31. The zero-order valence-electron chi connectivity index (χ0n) is 16.8. The van der Waals surface area contributed by atoms with Gasteiger partial charge in [0.25, 0.3) is 0 Å². The third-order valence-corrected chi connectivity index (χ3v) is 5.09. The molecule has 0 aliphatic carbocycles. The van der Waals surface area contributed by atoms with Crippen molar-refractivity contribution >= 4 is 12.0 Å². The Morgan fingerprint density at radius 3 is 2.50 bits per heavy atom. The van der Waals surface area contributed by atoms with E-state index in [1.807, 2.05) is 48.5 Å². The monoisotopic (exact) mass is 384 g/mol. The maximum Gasteiger partial charge on any atom is 0.246 e. The molecule has 1 aliphatic heterocycles. The van der Waals surface area contributed by atoms with E-state index in [4.69, 9.17) is 9.47 Å². The molecular formula is C21H28N4O3. The van der Waals surface area contributed by atoms with Crippen LogP contribution in [0.3, 0.4) is 0 Å². The molecule has 150 valence electrons. The first-order valence-electron chi connectivity index (χ1n) is 9.50. The molecule has 2 aromatic rings. The van der Waals surface area contributed by atoms with Gasteiger partial charge in [-0.05, 0) is 30.7 Å². The molecule has 0 bridgehead atoms. The van der Waals surface area contributed by atoms with E-state index in [9.17, 15) is 4.79 Å². The molecule has 0 radical (unpaired) electrons. The molecule has 3 rings (SSSR count). The number of rotatable bonds is 7. The van der Waals surface area contributed by atoms with Crippen molar-refractivity contribution in [2.24, 2.45) is 0 Å². The van der Waals surface area contributed by atoms with E-state index in [-0.39, 0.29) is 5.91 Å². The zero-order valence-corrected chi connectivity index (χ0v) is 16.8. The first-order valence-corrected chi connectivity index (χ1v) is 9.50. The van der Waals surface area contributed by atoms with Crippen LogP contribution in [-0.4, -0.2) is 72.2 Å². The normalized spacial score (nSPS) is 15.2. The Balaban J connectivity index is 1.48. The lowest BCUT2D eigenvalue weighted by Crippen LogP contribution is -2.48.